The number of allylic oxidation sites excluding steroid dienone is 8. The Hall–Kier alpha value is -11.0. The lowest BCUT2D eigenvalue weighted by Crippen LogP contribution is -2.67. The van der Waals surface area contributed by atoms with Gasteiger partial charge >= 0.3 is 5.97 Å². The lowest BCUT2D eigenvalue weighted by Gasteiger charge is -2.45. The third kappa shape index (κ3) is 18.4. The molecule has 5 aliphatic carbocycles. The van der Waals surface area contributed by atoms with Gasteiger partial charge in [-0.3, -0.25) is 38.4 Å². The zero-order valence-corrected chi connectivity index (χ0v) is 72.1. The molecule has 0 radical (unpaired) electrons. The van der Waals surface area contributed by atoms with E-state index in [0.717, 1.165) is 37.3 Å². The first-order valence-corrected chi connectivity index (χ1v) is 43.0. The average Bonchev–Trinajstić information content (AvgIpc) is 1.50. The van der Waals surface area contributed by atoms with Gasteiger partial charge in [0.15, 0.2) is 40.9 Å². The molecular formula is C88H104ClN9O33. The molecular weight excluding hydrogens is 1750 g/mol. The van der Waals surface area contributed by atoms with Crippen LogP contribution in [-0.4, -0.2) is 288 Å². The number of hydrogen-bond acceptors (Lipinski definition) is 33. The molecule has 706 valence electrons. The van der Waals surface area contributed by atoms with Crippen LogP contribution >= 0.6 is 11.6 Å². The number of nitrogens with one attached hydrogen (secondary N) is 8. The van der Waals surface area contributed by atoms with Crippen LogP contribution in [0.15, 0.2) is 141 Å². The third-order valence-corrected chi connectivity index (χ3v) is 25.9. The standard InChI is InChI=1S/C88H104ClN9O33/c1-32(2)15-58(106)93-66-71(110)68(107)55(28-100)127-82(66)130-75-52-21-40-22-53(75)125-50-14-10-41(23-46(50)89)88(131-83-67(91-35(5)103)72(111)69(108)56(29-101)128-83)31-87(88)85(121)97-65(81(119)120)45-25-86(6,122)26-54(126-84-74(113)73(112)70(109)57(30-102)129-84)60(45)59-34(4)44(11-8-38(59)27-99)64(80(118)98-87)96-79(117)63(40)95-78(116)62-39-18-42(104)24-43(19-39)123-51-20-37(9-12-48(51)105)61(90)77(115)92-47(76(114)94-62)17-36-7-13-49(124-52)33(3)16-36/h8-12,14,16,18-22,24-25,32,34,46-47,55-57,59,61-74,82-84,99-102,104-105,107-113,122H,7,13,15,17,23,26-31,90H2,1-6H3,(H,91,103)(H,92,115)(H,93,106)(H,94,114)(H,95,116)(H,96,117)(H,97,121)(H,98,118)(H,119,120)/t34?,46-,47+,55?,56?,57?,59?,61+,62-,63+,64+,65-,66?,67?,68+,69+,70+,71?,72?,73?,74?,82-,83-,84-,86?,87+,88-/m0/s1. The van der Waals surface area contributed by atoms with Crippen LogP contribution in [0.1, 0.15) is 121 Å². The van der Waals surface area contributed by atoms with Gasteiger partial charge in [0.2, 0.25) is 65.6 Å². The number of hydrogen-bond donors (Lipinski definition) is 24. The van der Waals surface area contributed by atoms with E-state index >= 15 is 24.0 Å². The van der Waals surface area contributed by atoms with Gasteiger partial charge in [-0.25, -0.2) is 4.79 Å². The van der Waals surface area contributed by atoms with Crippen molar-refractivity contribution in [1.29, 1.82) is 0 Å². The predicted octanol–water partition coefficient (Wildman–Crippen LogP) is -2.97. The molecule has 27 atom stereocenters. The van der Waals surface area contributed by atoms with Crippen molar-refractivity contribution in [1.82, 2.24) is 42.5 Å². The van der Waals surface area contributed by atoms with Gasteiger partial charge in [0.25, 0.3) is 0 Å². The maximum atomic E-state index is 17.3. The predicted molar refractivity (Wildman–Crippen MR) is 447 cm³/mol. The Morgan fingerprint density at radius 1 is 0.656 bits per heavy atom. The molecule has 12 unspecified atom stereocenters. The second-order valence-electron chi connectivity index (χ2n) is 35.4. The van der Waals surface area contributed by atoms with Gasteiger partial charge in [-0.05, 0) is 138 Å². The van der Waals surface area contributed by atoms with E-state index in [1.165, 1.54) is 62.4 Å². The smallest absolute Gasteiger partial charge is 0.330 e. The number of fused-ring (bicyclic) bond motifs is 14. The summed E-state index contributed by atoms with van der Waals surface area (Å²) in [4.78, 5) is 140. The Kier molecular flexibility index (Phi) is 26.9. The maximum Gasteiger partial charge on any atom is 0.330 e. The van der Waals surface area contributed by atoms with Crippen LogP contribution in [0, 0.1) is 17.8 Å². The van der Waals surface area contributed by atoms with Gasteiger partial charge in [0.1, 0.15) is 138 Å². The number of ether oxygens (including phenoxy) is 9. The van der Waals surface area contributed by atoms with Crippen LogP contribution in [0.3, 0.4) is 0 Å². The van der Waals surface area contributed by atoms with Crippen LogP contribution in [0.4, 0.5) is 0 Å². The summed E-state index contributed by atoms with van der Waals surface area (Å²) >= 11 is 7.71. The Labute approximate surface area is 751 Å². The van der Waals surface area contributed by atoms with Crippen molar-refractivity contribution in [3.63, 3.8) is 0 Å². The monoisotopic (exact) mass is 1850 g/mol. The molecule has 17 bridgehead atoms. The number of carboxylic acid groups (broad SMARTS) is 1. The molecule has 5 fully saturated rings. The van der Waals surface area contributed by atoms with E-state index in [2.05, 4.69) is 42.5 Å². The molecule has 131 heavy (non-hydrogen) atoms. The number of rotatable bonds is 15. The summed E-state index contributed by atoms with van der Waals surface area (Å²) in [5.41, 5.74) is -2.43. The quantitative estimate of drug-likeness (QED) is 0.0676. The van der Waals surface area contributed by atoms with Crippen LogP contribution in [0.2, 0.25) is 0 Å². The van der Waals surface area contributed by atoms with Crippen molar-refractivity contribution in [2.75, 3.05) is 26.4 Å². The molecule has 0 aromatic heterocycles. The summed E-state index contributed by atoms with van der Waals surface area (Å²) < 4.78 is 59.0. The van der Waals surface area contributed by atoms with E-state index in [-0.39, 0.29) is 88.0 Å². The number of nitrogens with two attached hydrogens (primary N) is 1. The molecule has 42 nitrogen and oxygen atoms in total. The van der Waals surface area contributed by atoms with Crippen molar-refractivity contribution >= 4 is 64.8 Å². The molecule has 3 aromatic carbocycles. The van der Waals surface area contributed by atoms with E-state index < -0.39 is 307 Å². The molecule has 14 aliphatic rings. The number of alkyl halides is 1. The van der Waals surface area contributed by atoms with Crippen LogP contribution in [-0.2, 0) is 66.8 Å². The number of carbonyl (C=O) groups excluding carboxylic acids is 8. The lowest BCUT2D eigenvalue weighted by molar-refractivity contribution is -0.292. The highest BCUT2D eigenvalue weighted by atomic mass is 35.5. The Morgan fingerprint density at radius 2 is 1.27 bits per heavy atom. The zero-order chi connectivity index (χ0) is 94.4. The van der Waals surface area contributed by atoms with E-state index in [0.29, 0.717) is 11.1 Å². The largest absolute Gasteiger partial charge is 0.508 e. The molecule has 1 saturated carbocycles. The Morgan fingerprint density at radius 3 is 1.91 bits per heavy atom. The van der Waals surface area contributed by atoms with Crippen LogP contribution < -0.4 is 67.2 Å². The van der Waals surface area contributed by atoms with Crippen molar-refractivity contribution in [2.24, 2.45) is 23.5 Å². The van der Waals surface area contributed by atoms with Crippen molar-refractivity contribution in [3.05, 3.63) is 158 Å². The topological polar surface area (TPSA) is 662 Å². The Bertz CT molecular complexity index is 5380. The summed E-state index contributed by atoms with van der Waals surface area (Å²) in [5.74, 6) is -18.9. The number of aliphatic hydroxyl groups excluding tert-OH is 11. The van der Waals surface area contributed by atoms with Gasteiger partial charge in [-0.15, -0.1) is 11.6 Å². The minimum atomic E-state index is -2.90. The van der Waals surface area contributed by atoms with Crippen LogP contribution in [0.5, 0.6) is 40.2 Å². The fourth-order valence-corrected chi connectivity index (χ4v) is 19.1. The molecule has 9 aliphatic heterocycles. The number of carboxylic acids is 1. The first kappa shape index (κ1) is 94.7. The van der Waals surface area contributed by atoms with E-state index in [9.17, 15) is 95.8 Å². The number of halogens is 1. The third-order valence-electron chi connectivity index (χ3n) is 25.6. The second kappa shape index (κ2) is 37.2. The SMILES string of the molecule is CC(=O)NC1C(O)[C@H](O)C(CO)O[C@H]1O[C@]12C[C@]13NC(=O)[C@H](NC(=O)[C@@H]1NC(=O)[C@H]4NC(=O)[C@@H](CC5=CC(C)=C(CC5)Oc5cc1cc(c5O[C@@H]1OC(CO)[C@@H](O)C(O)C1NC(=O)CC(C)C)OC1=CC=C2C[C@@H]1Cl)NC(=O)[C@H](N)c1ccc(O)c(c1)Oc1cc(O)cc4c1)C1=CC=C(CO)C(C2=C(O[C@H]4OC(CO)[C@@H](O)C(O)C4O)CC(C)(O)C=C2[C@@H](C(=O)O)NC3=O)C1C. The number of aromatic hydroxyl groups is 2. The van der Waals surface area contributed by atoms with Crippen molar-refractivity contribution < 1.29 is 162 Å². The molecule has 43 heteroatoms. The normalized spacial score (nSPS) is 36.0. The fourth-order valence-electron chi connectivity index (χ4n) is 18.8. The van der Waals surface area contributed by atoms with Crippen LogP contribution in [0.25, 0.3) is 0 Å². The summed E-state index contributed by atoms with van der Waals surface area (Å²) in [6.45, 7) is 4.70. The fraction of sp³-hybridized carbons (Fsp3) is 0.511. The summed E-state index contributed by atoms with van der Waals surface area (Å²) in [7, 11) is 0. The maximum absolute atomic E-state index is 17.3. The number of phenolic OH excluding ortho intramolecular Hbond substituents is 2. The summed E-state index contributed by atoms with van der Waals surface area (Å²) in [5, 5.41) is 192. The average molecular weight is 1850 g/mol. The number of amides is 8. The highest BCUT2D eigenvalue weighted by molar-refractivity contribution is 6.22. The van der Waals surface area contributed by atoms with E-state index in [1.807, 2.05) is 0 Å². The molecule has 4 saturated heterocycles. The highest BCUT2D eigenvalue weighted by Gasteiger charge is 2.78. The molecule has 9 heterocycles. The molecule has 1 spiro atoms. The highest BCUT2D eigenvalue weighted by Crippen LogP contribution is 2.61. The molecule has 25 N–H and O–H groups in total. The molecule has 3 aromatic rings. The van der Waals surface area contributed by atoms with Gasteiger partial charge in [0.05, 0.1) is 37.4 Å². The van der Waals surface area contributed by atoms with Gasteiger partial charge in [-0.2, -0.15) is 0 Å². The van der Waals surface area contributed by atoms with Crippen molar-refractivity contribution in [3.8, 4) is 40.2 Å². The van der Waals surface area contributed by atoms with E-state index in [4.69, 9.17) is 60.0 Å². The number of aliphatic carboxylic acids is 1. The Balaban J connectivity index is 1.01. The first-order chi connectivity index (χ1) is 62.1. The molecule has 8 amide bonds. The summed E-state index contributed by atoms with van der Waals surface area (Å²) in [6, 6.07) is -7.10. The number of aliphatic hydroxyl groups is 12. The number of phenols is 2. The lowest BCUT2D eigenvalue weighted by atomic mass is 9.67. The van der Waals surface area contributed by atoms with Gasteiger partial charge in [0, 0.05) is 50.2 Å². The number of carbonyl (C=O) groups is 9. The van der Waals surface area contributed by atoms with E-state index in [1.54, 1.807) is 26.8 Å². The van der Waals surface area contributed by atoms with Gasteiger partial charge in [-0.1, -0.05) is 56.7 Å². The number of benzene rings is 3. The minimum Gasteiger partial charge on any atom is -0.508 e. The van der Waals surface area contributed by atoms with Gasteiger partial charge < -0.3 is 167 Å². The molecule has 17 rings (SSSR count). The first-order valence-electron chi connectivity index (χ1n) is 42.6. The minimum absolute atomic E-state index is 0.0179. The van der Waals surface area contributed by atoms with Crippen molar-refractivity contribution in [2.45, 2.75) is 237 Å². The zero-order valence-electron chi connectivity index (χ0n) is 71.3. The second-order valence-corrected chi connectivity index (χ2v) is 35.9. The summed E-state index contributed by atoms with van der Waals surface area (Å²) in [6.07, 6.45) is -20.9.